The van der Waals surface area contributed by atoms with E-state index in [1.54, 1.807) is 6.07 Å². The number of halogens is 2. The molecule has 0 amide bonds. The van der Waals surface area contributed by atoms with Crippen LogP contribution in [0.25, 0.3) is 0 Å². The first-order valence-electron chi connectivity index (χ1n) is 4.17. The van der Waals surface area contributed by atoms with Gasteiger partial charge in [-0.1, -0.05) is 0 Å². The monoisotopic (exact) mass is 262 g/mol. The predicted octanol–water partition coefficient (Wildman–Crippen LogP) is 2.60. The van der Waals surface area contributed by atoms with Crippen molar-refractivity contribution in [1.29, 1.82) is 0 Å². The average Bonchev–Trinajstić information content (AvgIpc) is 2.07. The van der Waals surface area contributed by atoms with Crippen LogP contribution < -0.4 is 14.6 Å². The Morgan fingerprint density at radius 2 is 2.14 bits per heavy atom. The molecule has 0 radical (unpaired) electrons. The fraction of sp³-hybridized carbons (Fsp3) is 0.333. The third-order valence-electron chi connectivity index (χ3n) is 1.52. The second-order valence-electron chi connectivity index (χ2n) is 3.09. The standard InChI is InChI=1S/C9H12BrFN2O/c1-6(2)14-7-3-4-8(11)9(5-7)13(10)12/h3-6H,12H2,1-2H3. The molecule has 0 spiro atoms. The highest BCUT2D eigenvalue weighted by molar-refractivity contribution is 9.10. The molecule has 0 saturated carbocycles. The maximum Gasteiger partial charge on any atom is 0.149 e. The predicted molar refractivity (Wildman–Crippen MR) is 57.8 cm³/mol. The number of nitrogens with two attached hydrogens (primary N) is 1. The van der Waals surface area contributed by atoms with Crippen molar-refractivity contribution in [3.8, 4) is 5.75 Å². The van der Waals surface area contributed by atoms with Crippen LogP contribution in [0.3, 0.4) is 0 Å². The fourth-order valence-electron chi connectivity index (χ4n) is 1.00. The van der Waals surface area contributed by atoms with E-state index in [1.807, 2.05) is 13.8 Å². The molecule has 0 heterocycles. The molecule has 14 heavy (non-hydrogen) atoms. The lowest BCUT2D eigenvalue weighted by molar-refractivity contribution is 0.242. The molecule has 78 valence electrons. The number of benzene rings is 1. The molecule has 0 unspecified atom stereocenters. The second-order valence-corrected chi connectivity index (χ2v) is 3.86. The van der Waals surface area contributed by atoms with Crippen molar-refractivity contribution in [1.82, 2.24) is 0 Å². The van der Waals surface area contributed by atoms with E-state index in [-0.39, 0.29) is 11.8 Å². The lowest BCUT2D eigenvalue weighted by Gasteiger charge is -2.14. The minimum Gasteiger partial charge on any atom is -0.491 e. The molecule has 1 aromatic rings. The lowest BCUT2D eigenvalue weighted by Crippen LogP contribution is -2.19. The van der Waals surface area contributed by atoms with Gasteiger partial charge in [0.05, 0.1) is 22.3 Å². The number of hydrogen-bond donors (Lipinski definition) is 1. The van der Waals surface area contributed by atoms with Gasteiger partial charge in [-0.05, 0) is 26.0 Å². The minimum absolute atomic E-state index is 0.0508. The molecule has 0 fully saturated rings. The first kappa shape index (κ1) is 11.3. The molecule has 5 heteroatoms. The van der Waals surface area contributed by atoms with E-state index in [0.717, 1.165) is 4.03 Å². The number of hydrazine groups is 1. The Bertz CT molecular complexity index is 318. The normalized spacial score (nSPS) is 10.4. The van der Waals surface area contributed by atoms with Crippen molar-refractivity contribution >= 4 is 21.8 Å². The summed E-state index contributed by atoms with van der Waals surface area (Å²) < 4.78 is 19.6. The summed E-state index contributed by atoms with van der Waals surface area (Å²) >= 11 is 2.95. The smallest absolute Gasteiger partial charge is 0.149 e. The van der Waals surface area contributed by atoms with E-state index in [9.17, 15) is 4.39 Å². The van der Waals surface area contributed by atoms with Crippen LogP contribution in [0, 0.1) is 5.82 Å². The van der Waals surface area contributed by atoms with Crippen LogP contribution in [0.1, 0.15) is 13.8 Å². The Balaban J connectivity index is 2.94. The Kier molecular flexibility index (Phi) is 3.71. The summed E-state index contributed by atoms with van der Waals surface area (Å²) in [4.78, 5) is 0. The van der Waals surface area contributed by atoms with Crippen LogP contribution >= 0.6 is 16.1 Å². The SMILES string of the molecule is CC(C)Oc1ccc(F)c(N(N)Br)c1. The average molecular weight is 263 g/mol. The van der Waals surface area contributed by atoms with E-state index in [1.165, 1.54) is 12.1 Å². The molecule has 0 atom stereocenters. The van der Waals surface area contributed by atoms with Crippen LogP contribution in [-0.4, -0.2) is 6.10 Å². The molecule has 0 aliphatic rings. The summed E-state index contributed by atoms with van der Waals surface area (Å²) in [7, 11) is 0. The second kappa shape index (κ2) is 4.61. The quantitative estimate of drug-likeness (QED) is 0.517. The summed E-state index contributed by atoms with van der Waals surface area (Å²) in [5.74, 6) is 5.56. The van der Waals surface area contributed by atoms with Crippen molar-refractivity contribution in [2.75, 3.05) is 4.03 Å². The molecule has 0 aliphatic carbocycles. The van der Waals surface area contributed by atoms with Crippen LogP contribution in [-0.2, 0) is 0 Å². The summed E-state index contributed by atoms with van der Waals surface area (Å²) in [6, 6.07) is 4.41. The van der Waals surface area contributed by atoms with Crippen molar-refractivity contribution in [3.05, 3.63) is 24.0 Å². The first-order chi connectivity index (χ1) is 6.50. The van der Waals surface area contributed by atoms with Gasteiger partial charge in [-0.3, -0.25) is 0 Å². The highest BCUT2D eigenvalue weighted by Gasteiger charge is 2.08. The third kappa shape index (κ3) is 2.85. The largest absolute Gasteiger partial charge is 0.491 e. The van der Waals surface area contributed by atoms with Crippen LogP contribution in [0.4, 0.5) is 10.1 Å². The number of ether oxygens (including phenoxy) is 1. The fourth-order valence-corrected chi connectivity index (χ4v) is 1.27. The first-order valence-corrected chi connectivity index (χ1v) is 4.88. The molecule has 2 N–H and O–H groups in total. The Morgan fingerprint density at radius 1 is 1.50 bits per heavy atom. The van der Waals surface area contributed by atoms with Crippen LogP contribution in [0.15, 0.2) is 18.2 Å². The van der Waals surface area contributed by atoms with Gasteiger partial charge in [0, 0.05) is 6.07 Å². The maximum absolute atomic E-state index is 13.2. The van der Waals surface area contributed by atoms with E-state index in [0.29, 0.717) is 5.75 Å². The van der Waals surface area contributed by atoms with Crippen molar-refractivity contribution in [2.45, 2.75) is 20.0 Å². The van der Waals surface area contributed by atoms with Gasteiger partial charge in [-0.15, -0.1) is 0 Å². The van der Waals surface area contributed by atoms with E-state index < -0.39 is 5.82 Å². The molecular weight excluding hydrogens is 251 g/mol. The van der Waals surface area contributed by atoms with Crippen molar-refractivity contribution in [3.63, 3.8) is 0 Å². The molecule has 3 nitrogen and oxygen atoms in total. The maximum atomic E-state index is 13.2. The summed E-state index contributed by atoms with van der Waals surface area (Å²) in [5, 5.41) is 0. The highest BCUT2D eigenvalue weighted by atomic mass is 79.9. The molecule has 0 saturated heterocycles. The Hall–Kier alpha value is -0.810. The third-order valence-corrected chi connectivity index (χ3v) is 1.90. The summed E-state index contributed by atoms with van der Waals surface area (Å²) in [6.07, 6.45) is 0.0508. The van der Waals surface area contributed by atoms with Gasteiger partial charge in [0.1, 0.15) is 17.3 Å². The van der Waals surface area contributed by atoms with Crippen LogP contribution in [0.2, 0.25) is 0 Å². The Labute approximate surface area is 91.0 Å². The number of rotatable bonds is 3. The van der Waals surface area contributed by atoms with E-state index >= 15 is 0 Å². The number of nitrogens with zero attached hydrogens (tertiary/aromatic N) is 1. The molecule has 1 aromatic carbocycles. The molecular formula is C9H12BrFN2O. The summed E-state index contributed by atoms with van der Waals surface area (Å²) in [6.45, 7) is 3.80. The van der Waals surface area contributed by atoms with Gasteiger partial charge >= 0.3 is 0 Å². The lowest BCUT2D eigenvalue weighted by atomic mass is 10.3. The number of anilines is 1. The zero-order chi connectivity index (χ0) is 10.7. The van der Waals surface area contributed by atoms with Crippen molar-refractivity contribution in [2.24, 2.45) is 5.84 Å². The minimum atomic E-state index is -0.402. The molecule has 0 aromatic heterocycles. The highest BCUT2D eigenvalue weighted by Crippen LogP contribution is 2.25. The van der Waals surface area contributed by atoms with Gasteiger partial charge in [-0.2, -0.15) is 0 Å². The van der Waals surface area contributed by atoms with Crippen molar-refractivity contribution < 1.29 is 9.13 Å². The van der Waals surface area contributed by atoms with Crippen LogP contribution in [0.5, 0.6) is 5.75 Å². The molecule has 0 bridgehead atoms. The zero-order valence-electron chi connectivity index (χ0n) is 8.00. The summed E-state index contributed by atoms with van der Waals surface area (Å²) in [5.41, 5.74) is 0.239. The zero-order valence-corrected chi connectivity index (χ0v) is 9.58. The molecule has 0 aliphatic heterocycles. The van der Waals surface area contributed by atoms with Gasteiger partial charge in [0.15, 0.2) is 0 Å². The van der Waals surface area contributed by atoms with Gasteiger partial charge in [0.25, 0.3) is 0 Å². The topological polar surface area (TPSA) is 38.5 Å². The van der Waals surface area contributed by atoms with E-state index in [2.05, 4.69) is 16.1 Å². The van der Waals surface area contributed by atoms with Gasteiger partial charge in [-0.25, -0.2) is 14.3 Å². The van der Waals surface area contributed by atoms with Gasteiger partial charge < -0.3 is 4.74 Å². The van der Waals surface area contributed by atoms with E-state index in [4.69, 9.17) is 10.6 Å². The molecule has 1 rings (SSSR count). The Morgan fingerprint density at radius 3 is 2.64 bits per heavy atom. The van der Waals surface area contributed by atoms with Gasteiger partial charge in [0.2, 0.25) is 0 Å². The number of hydrogen-bond acceptors (Lipinski definition) is 3.